The molecule has 5 rings (SSSR count). The fourth-order valence-corrected chi connectivity index (χ4v) is 6.03. The van der Waals surface area contributed by atoms with Gasteiger partial charge in [0.15, 0.2) is 0 Å². The fraction of sp³-hybridized carbons (Fsp3) is 0.583. The molecule has 11 heteroatoms. The van der Waals surface area contributed by atoms with Crippen LogP contribution >= 0.6 is 11.3 Å². The van der Waals surface area contributed by atoms with E-state index in [0.29, 0.717) is 24.6 Å². The summed E-state index contributed by atoms with van der Waals surface area (Å²) in [7, 11) is 0. The van der Waals surface area contributed by atoms with Gasteiger partial charge in [0.05, 0.1) is 0 Å². The number of nitrogens with zero attached hydrogens (tertiary/aromatic N) is 6. The van der Waals surface area contributed by atoms with Crippen molar-refractivity contribution in [2.75, 3.05) is 67.1 Å². The summed E-state index contributed by atoms with van der Waals surface area (Å²) < 4.78 is 13.1. The summed E-state index contributed by atoms with van der Waals surface area (Å²) in [4.78, 5) is 33.3. The molecule has 9 nitrogen and oxygen atoms in total. The third-order valence-electron chi connectivity index (χ3n) is 7.02. The number of benzene rings is 1. The van der Waals surface area contributed by atoms with E-state index in [4.69, 9.17) is 0 Å². The van der Waals surface area contributed by atoms with Crippen LogP contribution in [0.2, 0.25) is 0 Å². The predicted molar refractivity (Wildman–Crippen MR) is 135 cm³/mol. The molecule has 1 N–H and O–H groups in total. The zero-order valence-corrected chi connectivity index (χ0v) is 20.7. The maximum absolute atomic E-state index is 13.1. The van der Waals surface area contributed by atoms with E-state index in [-0.39, 0.29) is 23.7 Å². The van der Waals surface area contributed by atoms with Crippen LogP contribution in [-0.4, -0.2) is 85.3 Å². The molecule has 0 saturated carbocycles. The molecular weight excluding hydrogens is 469 g/mol. The largest absolute Gasteiger partial charge is 0.369 e. The van der Waals surface area contributed by atoms with Crippen LogP contribution in [0.4, 0.5) is 20.3 Å². The first kappa shape index (κ1) is 23.9. The summed E-state index contributed by atoms with van der Waals surface area (Å²) >= 11 is 1.40. The quantitative estimate of drug-likeness (QED) is 0.555. The molecule has 0 unspecified atom stereocenters. The Morgan fingerprint density at radius 2 is 1.80 bits per heavy atom. The lowest BCUT2D eigenvalue weighted by atomic mass is 10.2. The number of nitrogens with one attached hydrogen (secondary N) is 1. The molecular formula is C24H32FN7O2S. The van der Waals surface area contributed by atoms with Crippen molar-refractivity contribution in [3.8, 4) is 0 Å². The molecule has 35 heavy (non-hydrogen) atoms. The highest BCUT2D eigenvalue weighted by molar-refractivity contribution is 7.19. The third-order valence-corrected chi connectivity index (χ3v) is 8.01. The summed E-state index contributed by atoms with van der Waals surface area (Å²) in [5, 5.41) is 13.0. The average Bonchev–Trinajstić information content (AvgIpc) is 3.63. The predicted octanol–water partition coefficient (Wildman–Crippen LogP) is 2.10. The number of hydrogen-bond donors (Lipinski definition) is 1. The third kappa shape index (κ3) is 5.56. The fourth-order valence-electron chi connectivity index (χ4n) is 5.07. The van der Waals surface area contributed by atoms with E-state index in [1.54, 1.807) is 4.90 Å². The molecule has 3 aliphatic heterocycles. The van der Waals surface area contributed by atoms with Crippen LogP contribution < -0.4 is 20.0 Å². The van der Waals surface area contributed by atoms with Gasteiger partial charge < -0.3 is 15.1 Å². The first-order valence-electron chi connectivity index (χ1n) is 12.5. The number of halogens is 1. The van der Waals surface area contributed by atoms with E-state index in [9.17, 15) is 14.0 Å². The van der Waals surface area contributed by atoms with Crippen molar-refractivity contribution >= 4 is 39.1 Å². The Bertz CT molecular complexity index is 1030. The molecule has 0 bridgehead atoms. The SMILES string of the molecule is O=C(NCCCN1CCN(c2ccc(F)cc2)CC1)[C@@H]1CCCN1c1nnc(N2CCCC2=O)s1. The van der Waals surface area contributed by atoms with Gasteiger partial charge in [-0.25, -0.2) is 4.39 Å². The minimum atomic E-state index is -0.232. The van der Waals surface area contributed by atoms with Gasteiger partial charge in [0.2, 0.25) is 22.1 Å². The molecule has 0 radical (unpaired) electrons. The second-order valence-electron chi connectivity index (χ2n) is 9.32. The van der Waals surface area contributed by atoms with Crippen molar-refractivity contribution in [1.29, 1.82) is 0 Å². The van der Waals surface area contributed by atoms with E-state index in [2.05, 4.69) is 25.3 Å². The van der Waals surface area contributed by atoms with Crippen LogP contribution in [0.25, 0.3) is 0 Å². The lowest BCUT2D eigenvalue weighted by Gasteiger charge is -2.36. The molecule has 3 fully saturated rings. The first-order chi connectivity index (χ1) is 17.1. The summed E-state index contributed by atoms with van der Waals surface area (Å²) in [5.74, 6) is -0.0697. The van der Waals surface area contributed by atoms with Crippen molar-refractivity contribution in [2.24, 2.45) is 0 Å². The standard InChI is InChI=1S/C24H32FN7O2S/c25-18-6-8-19(9-7-18)30-16-14-29(15-17-30)11-3-10-26-22(34)20-4-1-12-31(20)23-27-28-24(35-23)32-13-2-5-21(32)33/h6-9,20H,1-5,10-17H2,(H,26,34)/t20-/m0/s1. The molecule has 0 spiro atoms. The average molecular weight is 502 g/mol. The maximum atomic E-state index is 13.1. The van der Waals surface area contributed by atoms with Gasteiger partial charge in [-0.1, -0.05) is 11.3 Å². The Morgan fingerprint density at radius 1 is 1.03 bits per heavy atom. The van der Waals surface area contributed by atoms with Crippen LogP contribution in [0.1, 0.15) is 32.1 Å². The Morgan fingerprint density at radius 3 is 2.54 bits per heavy atom. The number of carbonyl (C=O) groups excluding carboxylic acids is 2. The molecule has 2 aromatic rings. The number of rotatable bonds is 8. The van der Waals surface area contributed by atoms with Gasteiger partial charge >= 0.3 is 0 Å². The van der Waals surface area contributed by atoms with E-state index < -0.39 is 0 Å². The number of hydrogen-bond acceptors (Lipinski definition) is 8. The molecule has 2 amide bonds. The van der Waals surface area contributed by atoms with Crippen LogP contribution in [0, 0.1) is 5.82 Å². The van der Waals surface area contributed by atoms with Crippen LogP contribution in [0.15, 0.2) is 24.3 Å². The van der Waals surface area contributed by atoms with Gasteiger partial charge in [0.1, 0.15) is 11.9 Å². The van der Waals surface area contributed by atoms with Crippen molar-refractivity contribution in [3.05, 3.63) is 30.1 Å². The van der Waals surface area contributed by atoms with Gasteiger partial charge in [-0.15, -0.1) is 10.2 Å². The highest BCUT2D eigenvalue weighted by atomic mass is 32.1. The van der Waals surface area contributed by atoms with Gasteiger partial charge in [0.25, 0.3) is 0 Å². The number of piperazine rings is 1. The van der Waals surface area contributed by atoms with Crippen LogP contribution in [0.5, 0.6) is 0 Å². The van der Waals surface area contributed by atoms with Crippen molar-refractivity contribution in [2.45, 2.75) is 38.1 Å². The Hall–Kier alpha value is -2.79. The highest BCUT2D eigenvalue weighted by Gasteiger charge is 2.34. The van der Waals surface area contributed by atoms with Gasteiger partial charge in [-0.05, 0) is 56.5 Å². The van der Waals surface area contributed by atoms with E-state index in [1.807, 2.05) is 17.0 Å². The Balaban J connectivity index is 1.04. The smallest absolute Gasteiger partial charge is 0.242 e. The van der Waals surface area contributed by atoms with Crippen molar-refractivity contribution in [3.63, 3.8) is 0 Å². The summed E-state index contributed by atoms with van der Waals surface area (Å²) in [6, 6.07) is 6.45. The summed E-state index contributed by atoms with van der Waals surface area (Å²) in [6.45, 7) is 6.81. The lowest BCUT2D eigenvalue weighted by Crippen LogP contribution is -2.47. The molecule has 1 aromatic carbocycles. The molecule has 3 aliphatic rings. The topological polar surface area (TPSA) is 84.9 Å². The van der Waals surface area contributed by atoms with E-state index in [1.165, 1.54) is 23.5 Å². The normalized spacial score (nSPS) is 21.2. The number of amides is 2. The number of carbonyl (C=O) groups is 2. The first-order valence-corrected chi connectivity index (χ1v) is 13.3. The van der Waals surface area contributed by atoms with E-state index in [0.717, 1.165) is 75.8 Å². The lowest BCUT2D eigenvalue weighted by molar-refractivity contribution is -0.122. The second kappa shape index (κ2) is 10.9. The Labute approximate surface area is 208 Å². The molecule has 188 valence electrons. The minimum Gasteiger partial charge on any atom is -0.369 e. The molecule has 0 aliphatic carbocycles. The van der Waals surface area contributed by atoms with Gasteiger partial charge in [0, 0.05) is 57.9 Å². The second-order valence-corrected chi connectivity index (χ2v) is 10.3. The monoisotopic (exact) mass is 501 g/mol. The van der Waals surface area contributed by atoms with Gasteiger partial charge in [-0.3, -0.25) is 19.4 Å². The molecule has 3 saturated heterocycles. The van der Waals surface area contributed by atoms with Crippen molar-refractivity contribution < 1.29 is 14.0 Å². The van der Waals surface area contributed by atoms with E-state index >= 15 is 0 Å². The summed E-state index contributed by atoms with van der Waals surface area (Å²) in [5.41, 5.74) is 1.06. The highest BCUT2D eigenvalue weighted by Crippen LogP contribution is 2.33. The zero-order valence-electron chi connectivity index (χ0n) is 19.9. The summed E-state index contributed by atoms with van der Waals surface area (Å²) in [6.07, 6.45) is 4.05. The van der Waals surface area contributed by atoms with Gasteiger partial charge in [-0.2, -0.15) is 0 Å². The van der Waals surface area contributed by atoms with Crippen molar-refractivity contribution in [1.82, 2.24) is 20.4 Å². The number of anilines is 3. The zero-order chi connectivity index (χ0) is 24.2. The Kier molecular flexibility index (Phi) is 7.43. The molecule has 1 aromatic heterocycles. The van der Waals surface area contributed by atoms with Crippen LogP contribution in [0.3, 0.4) is 0 Å². The minimum absolute atomic E-state index is 0.0395. The van der Waals surface area contributed by atoms with Crippen LogP contribution in [-0.2, 0) is 9.59 Å². The number of aromatic nitrogens is 2. The molecule has 4 heterocycles. The molecule has 1 atom stereocenters. The maximum Gasteiger partial charge on any atom is 0.242 e.